The number of furan rings is 2. The topological polar surface area (TPSA) is 83.9 Å². The van der Waals surface area contributed by atoms with Crippen LogP contribution in [0.5, 0.6) is 0 Å². The lowest BCUT2D eigenvalue weighted by molar-refractivity contribution is 0.0641. The zero-order valence-electron chi connectivity index (χ0n) is 10.6. The van der Waals surface area contributed by atoms with Crippen molar-refractivity contribution in [2.45, 2.75) is 18.9 Å². The summed E-state index contributed by atoms with van der Waals surface area (Å²) in [6, 6.07) is 6.18. The van der Waals surface area contributed by atoms with Crippen molar-refractivity contribution < 1.29 is 23.5 Å². The third-order valence-electron chi connectivity index (χ3n) is 3.41. The van der Waals surface area contributed by atoms with Gasteiger partial charge in [-0.1, -0.05) is 0 Å². The molecule has 0 aromatic carbocycles. The minimum atomic E-state index is -1.19. The Balaban J connectivity index is 1.83. The van der Waals surface area contributed by atoms with Crippen LogP contribution in [0.25, 0.3) is 0 Å². The zero-order chi connectivity index (χ0) is 14.1. The van der Waals surface area contributed by atoms with Crippen molar-refractivity contribution >= 4 is 11.9 Å². The molecule has 1 atom stereocenters. The first-order valence-corrected chi connectivity index (χ1v) is 6.34. The molecule has 1 N–H and O–H groups in total. The second kappa shape index (κ2) is 4.88. The molecule has 1 aliphatic heterocycles. The molecule has 20 heavy (non-hydrogen) atoms. The van der Waals surface area contributed by atoms with Gasteiger partial charge >= 0.3 is 5.97 Å². The Morgan fingerprint density at radius 1 is 1.25 bits per heavy atom. The molecule has 3 heterocycles. The highest BCUT2D eigenvalue weighted by molar-refractivity contribution is 5.93. The Labute approximate surface area is 114 Å². The van der Waals surface area contributed by atoms with E-state index in [2.05, 4.69) is 0 Å². The Hall–Kier alpha value is -2.50. The summed E-state index contributed by atoms with van der Waals surface area (Å²) in [5.41, 5.74) is 0. The van der Waals surface area contributed by atoms with Crippen LogP contribution in [-0.4, -0.2) is 28.4 Å². The van der Waals surface area contributed by atoms with Gasteiger partial charge in [-0.25, -0.2) is 4.79 Å². The van der Waals surface area contributed by atoms with E-state index in [1.54, 1.807) is 17.2 Å². The molecule has 1 saturated heterocycles. The van der Waals surface area contributed by atoms with Crippen LogP contribution in [0.3, 0.4) is 0 Å². The zero-order valence-corrected chi connectivity index (χ0v) is 10.6. The summed E-state index contributed by atoms with van der Waals surface area (Å²) in [6.07, 6.45) is 3.28. The minimum Gasteiger partial charge on any atom is -0.475 e. The van der Waals surface area contributed by atoms with E-state index in [1.165, 1.54) is 12.1 Å². The first-order chi connectivity index (χ1) is 9.66. The molecule has 2 aromatic rings. The third kappa shape index (κ3) is 2.09. The molecule has 0 radical (unpaired) electrons. The molecule has 1 unspecified atom stereocenters. The molecule has 3 rings (SSSR count). The highest BCUT2D eigenvalue weighted by Gasteiger charge is 2.33. The van der Waals surface area contributed by atoms with Crippen molar-refractivity contribution in [2.75, 3.05) is 6.54 Å². The van der Waals surface area contributed by atoms with Gasteiger partial charge in [-0.05, 0) is 37.1 Å². The van der Waals surface area contributed by atoms with E-state index >= 15 is 0 Å². The van der Waals surface area contributed by atoms with Crippen LogP contribution >= 0.6 is 0 Å². The summed E-state index contributed by atoms with van der Waals surface area (Å²) in [5, 5.41) is 8.81. The average molecular weight is 275 g/mol. The number of amides is 1. The quantitative estimate of drug-likeness (QED) is 0.930. The summed E-state index contributed by atoms with van der Waals surface area (Å²) in [6.45, 7) is 0.604. The van der Waals surface area contributed by atoms with E-state index in [0.29, 0.717) is 6.54 Å². The predicted molar refractivity (Wildman–Crippen MR) is 67.4 cm³/mol. The second-order valence-corrected chi connectivity index (χ2v) is 4.64. The molecule has 0 saturated carbocycles. The van der Waals surface area contributed by atoms with Crippen molar-refractivity contribution in [3.8, 4) is 0 Å². The number of hydrogen-bond acceptors (Lipinski definition) is 4. The maximum Gasteiger partial charge on any atom is 0.371 e. The molecule has 1 aliphatic rings. The molecule has 0 bridgehead atoms. The molecule has 2 aromatic heterocycles. The van der Waals surface area contributed by atoms with Crippen molar-refractivity contribution in [1.82, 2.24) is 4.90 Å². The molecule has 0 spiro atoms. The Bertz CT molecular complexity index is 628. The van der Waals surface area contributed by atoms with E-state index in [9.17, 15) is 9.59 Å². The van der Waals surface area contributed by atoms with Gasteiger partial charge in [-0.2, -0.15) is 0 Å². The van der Waals surface area contributed by atoms with Gasteiger partial charge in [0.1, 0.15) is 5.76 Å². The molecule has 104 valence electrons. The van der Waals surface area contributed by atoms with E-state index in [4.69, 9.17) is 13.9 Å². The number of likely N-dealkylation sites (tertiary alicyclic amines) is 1. The lowest BCUT2D eigenvalue weighted by Gasteiger charge is -2.21. The molecule has 0 aliphatic carbocycles. The Morgan fingerprint density at radius 3 is 2.70 bits per heavy atom. The fraction of sp³-hybridized carbons (Fsp3) is 0.286. The second-order valence-electron chi connectivity index (χ2n) is 4.64. The van der Waals surface area contributed by atoms with Crippen LogP contribution in [0, 0.1) is 0 Å². The van der Waals surface area contributed by atoms with Gasteiger partial charge in [0, 0.05) is 6.54 Å². The number of nitrogens with zero attached hydrogens (tertiary/aromatic N) is 1. The first-order valence-electron chi connectivity index (χ1n) is 6.34. The highest BCUT2D eigenvalue weighted by atomic mass is 16.4. The average Bonchev–Trinajstić information content (AvgIpc) is 3.17. The summed E-state index contributed by atoms with van der Waals surface area (Å²) in [5.74, 6) is -0.951. The number of rotatable bonds is 3. The standard InChI is InChI=1S/C14H13NO5/c16-13(11-5-6-12(20-11)14(17)18)15-7-1-3-9(15)10-4-2-8-19-10/h2,4-6,8-9H,1,3,7H2,(H,17,18). The monoisotopic (exact) mass is 275 g/mol. The molecule has 6 heteroatoms. The number of carboxylic acid groups (broad SMARTS) is 1. The minimum absolute atomic E-state index is 0.0425. The van der Waals surface area contributed by atoms with Crippen molar-refractivity contribution in [3.05, 3.63) is 47.8 Å². The third-order valence-corrected chi connectivity index (χ3v) is 3.41. The lowest BCUT2D eigenvalue weighted by atomic mass is 10.1. The molecule has 1 fully saturated rings. The smallest absolute Gasteiger partial charge is 0.371 e. The summed E-state index contributed by atoms with van der Waals surface area (Å²) >= 11 is 0. The number of carbonyl (C=O) groups excluding carboxylic acids is 1. The SMILES string of the molecule is O=C(O)c1ccc(C(=O)N2CCCC2c2ccco2)o1. The van der Waals surface area contributed by atoms with Gasteiger partial charge in [0.15, 0.2) is 5.76 Å². The maximum atomic E-state index is 12.4. The molecular formula is C14H13NO5. The van der Waals surface area contributed by atoms with Crippen molar-refractivity contribution in [2.24, 2.45) is 0 Å². The lowest BCUT2D eigenvalue weighted by Crippen LogP contribution is -2.30. The van der Waals surface area contributed by atoms with Crippen molar-refractivity contribution in [1.29, 1.82) is 0 Å². The van der Waals surface area contributed by atoms with Crippen LogP contribution in [-0.2, 0) is 0 Å². The van der Waals surface area contributed by atoms with Crippen LogP contribution in [0.15, 0.2) is 39.4 Å². The Morgan fingerprint density at radius 2 is 2.05 bits per heavy atom. The van der Waals surface area contributed by atoms with Gasteiger partial charge in [0.05, 0.1) is 12.3 Å². The van der Waals surface area contributed by atoms with E-state index in [-0.39, 0.29) is 23.5 Å². The van der Waals surface area contributed by atoms with Gasteiger partial charge in [-0.15, -0.1) is 0 Å². The van der Waals surface area contributed by atoms with Crippen LogP contribution in [0.4, 0.5) is 0 Å². The largest absolute Gasteiger partial charge is 0.475 e. The van der Waals surface area contributed by atoms with Gasteiger partial charge in [0.2, 0.25) is 5.76 Å². The van der Waals surface area contributed by atoms with Crippen LogP contribution in [0.1, 0.15) is 45.8 Å². The van der Waals surface area contributed by atoms with Crippen LogP contribution in [0.2, 0.25) is 0 Å². The predicted octanol–water partition coefficient (Wildman–Crippen LogP) is 2.55. The first kappa shape index (κ1) is 12.5. The van der Waals surface area contributed by atoms with E-state index in [0.717, 1.165) is 18.6 Å². The fourth-order valence-electron chi connectivity index (χ4n) is 2.50. The normalized spacial score (nSPS) is 18.4. The van der Waals surface area contributed by atoms with Crippen LogP contribution < -0.4 is 0 Å². The number of hydrogen-bond donors (Lipinski definition) is 1. The number of carbonyl (C=O) groups is 2. The van der Waals surface area contributed by atoms with Gasteiger partial charge < -0.3 is 18.8 Å². The summed E-state index contributed by atoms with van der Waals surface area (Å²) in [7, 11) is 0. The van der Waals surface area contributed by atoms with Gasteiger partial charge in [-0.3, -0.25) is 4.79 Å². The number of aromatic carboxylic acids is 1. The highest BCUT2D eigenvalue weighted by Crippen LogP contribution is 2.33. The molecular weight excluding hydrogens is 262 g/mol. The molecule has 1 amide bonds. The Kier molecular flexibility index (Phi) is 3.06. The van der Waals surface area contributed by atoms with E-state index in [1.807, 2.05) is 6.07 Å². The maximum absolute atomic E-state index is 12.4. The summed E-state index contributed by atoms with van der Waals surface area (Å²) < 4.78 is 10.4. The summed E-state index contributed by atoms with van der Waals surface area (Å²) in [4.78, 5) is 24.8. The van der Waals surface area contributed by atoms with E-state index < -0.39 is 5.97 Å². The van der Waals surface area contributed by atoms with Crippen molar-refractivity contribution in [3.63, 3.8) is 0 Å². The van der Waals surface area contributed by atoms with Gasteiger partial charge in [0.25, 0.3) is 5.91 Å². The fourth-order valence-corrected chi connectivity index (χ4v) is 2.50. The molecule has 6 nitrogen and oxygen atoms in total. The number of carboxylic acids is 1.